The van der Waals surface area contributed by atoms with Crippen LogP contribution in [0.25, 0.3) is 0 Å². The lowest BCUT2D eigenvalue weighted by molar-refractivity contribution is 0.478. The molecule has 1 rings (SSSR count). The normalized spacial score (nSPS) is 11.8. The number of nitrogens with one attached hydrogen (secondary N) is 1. The summed E-state index contributed by atoms with van der Waals surface area (Å²) in [5, 5.41) is 3.38. The molecule has 0 radical (unpaired) electrons. The van der Waals surface area contributed by atoms with Crippen LogP contribution in [0.3, 0.4) is 0 Å². The van der Waals surface area contributed by atoms with Gasteiger partial charge in [-0.2, -0.15) is 0 Å². The van der Waals surface area contributed by atoms with E-state index in [0.717, 1.165) is 13.1 Å². The van der Waals surface area contributed by atoms with Gasteiger partial charge >= 0.3 is 0 Å². The van der Waals surface area contributed by atoms with E-state index < -0.39 is 0 Å². The molecule has 0 unspecified atom stereocenters. The van der Waals surface area contributed by atoms with Crippen molar-refractivity contribution in [3.05, 3.63) is 35.4 Å². The number of benzene rings is 1. The van der Waals surface area contributed by atoms with Crippen molar-refractivity contribution in [2.45, 2.75) is 39.0 Å². The van der Waals surface area contributed by atoms with Crippen LogP contribution in [0, 0.1) is 0 Å². The summed E-state index contributed by atoms with van der Waals surface area (Å²) >= 11 is 5.67. The lowest BCUT2D eigenvalue weighted by Crippen LogP contribution is -2.33. The Bertz CT molecular complexity index is 316. The summed E-state index contributed by atoms with van der Waals surface area (Å²) in [6, 6.07) is 9.02. The molecule has 0 aliphatic rings. The maximum Gasteiger partial charge on any atom is 0.0348 e. The highest BCUT2D eigenvalue weighted by Crippen LogP contribution is 2.22. The van der Waals surface area contributed by atoms with Crippen molar-refractivity contribution in [3.63, 3.8) is 0 Å². The summed E-state index contributed by atoms with van der Waals surface area (Å²) in [6.45, 7) is 8.59. The van der Waals surface area contributed by atoms with Crippen LogP contribution in [0.5, 0.6) is 0 Å². The second kappa shape index (κ2) is 7.03. The average molecular weight is 254 g/mol. The highest BCUT2D eigenvalue weighted by atomic mass is 35.5. The number of alkyl halides is 1. The molecule has 17 heavy (non-hydrogen) atoms. The fraction of sp³-hybridized carbons (Fsp3) is 0.600. The maximum absolute atomic E-state index is 5.67. The van der Waals surface area contributed by atoms with Crippen LogP contribution in [0.1, 0.15) is 38.3 Å². The van der Waals surface area contributed by atoms with E-state index in [2.05, 4.69) is 50.4 Å². The van der Waals surface area contributed by atoms with Gasteiger partial charge in [-0.1, -0.05) is 51.5 Å². The molecule has 1 aromatic carbocycles. The number of aryl methyl sites for hydroxylation is 1. The SMILES string of the molecule is CCCc1ccc(C(C)(C)CNCCCl)cc1. The van der Waals surface area contributed by atoms with Gasteiger partial charge in [0, 0.05) is 24.4 Å². The molecule has 96 valence electrons. The fourth-order valence-electron chi connectivity index (χ4n) is 1.98. The molecule has 0 amide bonds. The van der Waals surface area contributed by atoms with Gasteiger partial charge in [-0.15, -0.1) is 11.6 Å². The van der Waals surface area contributed by atoms with Gasteiger partial charge in [0.2, 0.25) is 0 Å². The molecule has 1 nitrogen and oxygen atoms in total. The second-order valence-electron chi connectivity index (χ2n) is 5.20. The Hall–Kier alpha value is -0.530. The maximum atomic E-state index is 5.67. The van der Waals surface area contributed by atoms with Gasteiger partial charge in [-0.3, -0.25) is 0 Å². The van der Waals surface area contributed by atoms with Crippen LogP contribution in [-0.4, -0.2) is 19.0 Å². The van der Waals surface area contributed by atoms with Gasteiger partial charge in [0.05, 0.1) is 0 Å². The van der Waals surface area contributed by atoms with Crippen LogP contribution in [0.2, 0.25) is 0 Å². The van der Waals surface area contributed by atoms with Gasteiger partial charge in [0.25, 0.3) is 0 Å². The summed E-state index contributed by atoms with van der Waals surface area (Å²) < 4.78 is 0. The molecule has 0 saturated heterocycles. The molecule has 0 heterocycles. The minimum absolute atomic E-state index is 0.163. The van der Waals surface area contributed by atoms with E-state index >= 15 is 0 Å². The van der Waals surface area contributed by atoms with Crippen LogP contribution in [-0.2, 0) is 11.8 Å². The molecule has 1 aromatic rings. The Balaban J connectivity index is 2.63. The smallest absolute Gasteiger partial charge is 0.0348 e. The third-order valence-electron chi connectivity index (χ3n) is 3.11. The summed E-state index contributed by atoms with van der Waals surface area (Å²) in [6.07, 6.45) is 2.38. The summed E-state index contributed by atoms with van der Waals surface area (Å²) in [5.41, 5.74) is 2.98. The summed E-state index contributed by atoms with van der Waals surface area (Å²) in [7, 11) is 0. The molecule has 0 saturated carbocycles. The first-order chi connectivity index (χ1) is 8.10. The number of hydrogen-bond donors (Lipinski definition) is 1. The van der Waals surface area contributed by atoms with Gasteiger partial charge in [-0.25, -0.2) is 0 Å². The molecule has 0 fully saturated rings. The third-order valence-corrected chi connectivity index (χ3v) is 3.30. The molecule has 0 aliphatic heterocycles. The standard InChI is InChI=1S/C15H24ClN/c1-4-5-13-6-8-14(9-7-13)15(2,3)12-17-11-10-16/h6-9,17H,4-5,10-12H2,1-3H3. The number of rotatable bonds is 7. The van der Waals surface area contributed by atoms with Crippen LogP contribution in [0.15, 0.2) is 24.3 Å². The Morgan fingerprint density at radius 3 is 2.35 bits per heavy atom. The highest BCUT2D eigenvalue weighted by molar-refractivity contribution is 6.18. The lowest BCUT2D eigenvalue weighted by Gasteiger charge is -2.26. The predicted octanol–water partition coefficient (Wildman–Crippen LogP) is 3.75. The van der Waals surface area contributed by atoms with Crippen molar-refractivity contribution in [3.8, 4) is 0 Å². The highest BCUT2D eigenvalue weighted by Gasteiger charge is 2.19. The minimum atomic E-state index is 0.163. The first-order valence-electron chi connectivity index (χ1n) is 6.46. The Morgan fingerprint density at radius 1 is 1.18 bits per heavy atom. The van der Waals surface area contributed by atoms with Crippen molar-refractivity contribution >= 4 is 11.6 Å². The van der Waals surface area contributed by atoms with E-state index in [1.54, 1.807) is 0 Å². The molecule has 0 atom stereocenters. The molecular weight excluding hydrogens is 230 g/mol. The van der Waals surface area contributed by atoms with Gasteiger partial charge < -0.3 is 5.32 Å². The van der Waals surface area contributed by atoms with E-state index in [9.17, 15) is 0 Å². The van der Waals surface area contributed by atoms with Crippen molar-refractivity contribution in [1.82, 2.24) is 5.32 Å². The lowest BCUT2D eigenvalue weighted by atomic mass is 9.84. The molecule has 0 aliphatic carbocycles. The molecule has 1 N–H and O–H groups in total. The first kappa shape index (κ1) is 14.5. The van der Waals surface area contributed by atoms with E-state index in [0.29, 0.717) is 5.88 Å². The Morgan fingerprint density at radius 2 is 1.82 bits per heavy atom. The summed E-state index contributed by atoms with van der Waals surface area (Å²) in [4.78, 5) is 0. The third kappa shape index (κ3) is 4.69. The molecule has 0 bridgehead atoms. The van der Waals surface area contributed by atoms with E-state index in [-0.39, 0.29) is 5.41 Å². The van der Waals surface area contributed by atoms with Gasteiger partial charge in [0.1, 0.15) is 0 Å². The molecule has 0 aromatic heterocycles. The van der Waals surface area contributed by atoms with Crippen LogP contribution in [0.4, 0.5) is 0 Å². The van der Waals surface area contributed by atoms with Crippen molar-refractivity contribution in [2.24, 2.45) is 0 Å². The largest absolute Gasteiger partial charge is 0.315 e. The monoisotopic (exact) mass is 253 g/mol. The zero-order chi connectivity index (χ0) is 12.7. The van der Waals surface area contributed by atoms with Crippen molar-refractivity contribution in [2.75, 3.05) is 19.0 Å². The molecule has 2 heteroatoms. The number of halogens is 1. The zero-order valence-electron chi connectivity index (χ0n) is 11.2. The summed E-state index contributed by atoms with van der Waals surface area (Å²) in [5.74, 6) is 0.672. The fourth-order valence-corrected chi connectivity index (χ4v) is 2.11. The molecular formula is C15H24ClN. The van der Waals surface area contributed by atoms with E-state index in [1.165, 1.54) is 24.0 Å². The molecule has 0 spiro atoms. The van der Waals surface area contributed by atoms with Gasteiger partial charge in [0.15, 0.2) is 0 Å². The van der Waals surface area contributed by atoms with Crippen molar-refractivity contribution in [1.29, 1.82) is 0 Å². The van der Waals surface area contributed by atoms with Crippen LogP contribution < -0.4 is 5.32 Å². The zero-order valence-corrected chi connectivity index (χ0v) is 12.0. The predicted molar refractivity (Wildman–Crippen MR) is 77.1 cm³/mol. The Kier molecular flexibility index (Phi) is 6.01. The Labute approximate surface area is 111 Å². The number of hydrogen-bond acceptors (Lipinski definition) is 1. The van der Waals surface area contributed by atoms with Gasteiger partial charge in [-0.05, 0) is 17.5 Å². The quantitative estimate of drug-likeness (QED) is 0.577. The van der Waals surface area contributed by atoms with E-state index in [1.807, 2.05) is 0 Å². The first-order valence-corrected chi connectivity index (χ1v) is 6.99. The second-order valence-corrected chi connectivity index (χ2v) is 5.57. The van der Waals surface area contributed by atoms with E-state index in [4.69, 9.17) is 11.6 Å². The topological polar surface area (TPSA) is 12.0 Å². The minimum Gasteiger partial charge on any atom is -0.315 e. The van der Waals surface area contributed by atoms with Crippen molar-refractivity contribution < 1.29 is 0 Å². The average Bonchev–Trinajstić information content (AvgIpc) is 2.30. The van der Waals surface area contributed by atoms with Crippen LogP contribution >= 0.6 is 11.6 Å².